The summed E-state index contributed by atoms with van der Waals surface area (Å²) in [6, 6.07) is 3.59. The Kier molecular flexibility index (Phi) is 4.97. The van der Waals surface area contributed by atoms with Crippen molar-refractivity contribution >= 4 is 32.7 Å². The molecule has 0 bridgehead atoms. The molecule has 2 aromatic rings. The van der Waals surface area contributed by atoms with Crippen molar-refractivity contribution in [2.45, 2.75) is 40.0 Å². The van der Waals surface area contributed by atoms with Crippen molar-refractivity contribution in [2.24, 2.45) is 0 Å². The van der Waals surface area contributed by atoms with Crippen LogP contribution in [0.1, 0.15) is 37.8 Å². The molecule has 0 aliphatic carbocycles. The first-order valence-electron chi connectivity index (χ1n) is 7.10. The first kappa shape index (κ1) is 15.2. The number of fused-ring (bicyclic) bond motifs is 1. The van der Waals surface area contributed by atoms with Crippen LogP contribution in [0, 0.1) is 12.7 Å². The molecule has 2 nitrogen and oxygen atoms in total. The molecule has 4 heteroatoms. The van der Waals surface area contributed by atoms with Gasteiger partial charge in [-0.1, -0.05) is 20.3 Å². The summed E-state index contributed by atoms with van der Waals surface area (Å²) in [5.74, 6) is 0.705. The Bertz CT molecular complexity index is 626. The van der Waals surface area contributed by atoms with Crippen LogP contribution in [0.5, 0.6) is 0 Å². The molecule has 1 N–H and O–H groups in total. The van der Waals surface area contributed by atoms with Crippen LogP contribution in [0.3, 0.4) is 0 Å². The molecule has 0 radical (unpaired) electrons. The molecule has 0 amide bonds. The maximum atomic E-state index is 13.8. The van der Waals surface area contributed by atoms with E-state index in [0.717, 1.165) is 53.7 Å². The Morgan fingerprint density at radius 3 is 2.65 bits per heavy atom. The molecule has 0 atom stereocenters. The van der Waals surface area contributed by atoms with Crippen molar-refractivity contribution in [1.82, 2.24) is 4.98 Å². The van der Waals surface area contributed by atoms with Gasteiger partial charge in [-0.25, -0.2) is 9.37 Å². The second-order valence-electron chi connectivity index (χ2n) is 5.06. The first-order chi connectivity index (χ1) is 9.58. The lowest BCUT2D eigenvalue weighted by Crippen LogP contribution is -2.06. The van der Waals surface area contributed by atoms with Gasteiger partial charge in [0, 0.05) is 11.9 Å². The summed E-state index contributed by atoms with van der Waals surface area (Å²) in [7, 11) is 0. The number of aryl methyl sites for hydroxylation is 2. The third-order valence-electron chi connectivity index (χ3n) is 3.33. The van der Waals surface area contributed by atoms with Crippen molar-refractivity contribution in [3.63, 3.8) is 0 Å². The number of benzene rings is 1. The SMILES string of the molecule is CCCNc1nc2c(C)cc(F)c(Br)c2cc1CCC. The molecule has 0 saturated carbocycles. The molecule has 0 aliphatic rings. The molecule has 0 saturated heterocycles. The van der Waals surface area contributed by atoms with Crippen LogP contribution >= 0.6 is 15.9 Å². The zero-order chi connectivity index (χ0) is 14.7. The zero-order valence-corrected chi connectivity index (χ0v) is 13.8. The van der Waals surface area contributed by atoms with E-state index in [9.17, 15) is 4.39 Å². The number of aromatic nitrogens is 1. The Balaban J connectivity index is 2.64. The Morgan fingerprint density at radius 1 is 1.25 bits per heavy atom. The van der Waals surface area contributed by atoms with Gasteiger partial charge in [-0.05, 0) is 59.0 Å². The topological polar surface area (TPSA) is 24.9 Å². The molecule has 1 heterocycles. The van der Waals surface area contributed by atoms with Crippen LogP contribution in [0.15, 0.2) is 16.6 Å². The van der Waals surface area contributed by atoms with E-state index in [2.05, 4.69) is 41.2 Å². The summed E-state index contributed by atoms with van der Waals surface area (Å²) in [6.07, 6.45) is 3.04. The van der Waals surface area contributed by atoms with Gasteiger partial charge in [-0.2, -0.15) is 0 Å². The van der Waals surface area contributed by atoms with E-state index < -0.39 is 0 Å². The summed E-state index contributed by atoms with van der Waals surface area (Å²) in [5.41, 5.74) is 2.87. The first-order valence-corrected chi connectivity index (χ1v) is 7.89. The summed E-state index contributed by atoms with van der Waals surface area (Å²) in [6.45, 7) is 7.06. The minimum Gasteiger partial charge on any atom is -0.370 e. The number of halogens is 2. The van der Waals surface area contributed by atoms with Crippen molar-refractivity contribution in [3.05, 3.63) is 33.5 Å². The highest BCUT2D eigenvalue weighted by atomic mass is 79.9. The van der Waals surface area contributed by atoms with Crippen LogP contribution in [0.2, 0.25) is 0 Å². The quantitative estimate of drug-likeness (QED) is 0.808. The molecule has 20 heavy (non-hydrogen) atoms. The highest BCUT2D eigenvalue weighted by Crippen LogP contribution is 2.31. The minimum atomic E-state index is -0.228. The third kappa shape index (κ3) is 2.95. The number of rotatable bonds is 5. The maximum absolute atomic E-state index is 13.8. The summed E-state index contributed by atoms with van der Waals surface area (Å²) >= 11 is 3.34. The standard InChI is InChI=1S/C16H20BrFN2/c1-4-6-11-9-12-14(17)13(18)8-10(3)15(12)20-16(11)19-7-5-2/h8-9H,4-7H2,1-3H3,(H,19,20). The largest absolute Gasteiger partial charge is 0.370 e. The van der Waals surface area contributed by atoms with Gasteiger partial charge in [0.25, 0.3) is 0 Å². The van der Waals surface area contributed by atoms with E-state index in [0.29, 0.717) is 4.47 Å². The second kappa shape index (κ2) is 6.53. The fourth-order valence-corrected chi connectivity index (χ4v) is 2.75. The van der Waals surface area contributed by atoms with E-state index in [-0.39, 0.29) is 5.82 Å². The van der Waals surface area contributed by atoms with Crippen molar-refractivity contribution < 1.29 is 4.39 Å². The molecular weight excluding hydrogens is 319 g/mol. The fourth-order valence-electron chi connectivity index (χ4n) is 2.33. The average molecular weight is 339 g/mol. The van der Waals surface area contributed by atoms with Crippen LogP contribution in [0.25, 0.3) is 10.9 Å². The number of nitrogens with zero attached hydrogens (tertiary/aromatic N) is 1. The summed E-state index contributed by atoms with van der Waals surface area (Å²) in [5, 5.41) is 4.24. The van der Waals surface area contributed by atoms with Crippen LogP contribution in [-0.4, -0.2) is 11.5 Å². The summed E-state index contributed by atoms with van der Waals surface area (Å²) < 4.78 is 14.3. The predicted molar refractivity (Wildman–Crippen MR) is 86.9 cm³/mol. The van der Waals surface area contributed by atoms with E-state index in [1.807, 2.05) is 6.92 Å². The van der Waals surface area contributed by atoms with Crippen LogP contribution in [0.4, 0.5) is 10.2 Å². The average Bonchev–Trinajstić information content (AvgIpc) is 2.43. The van der Waals surface area contributed by atoms with Crippen LogP contribution in [-0.2, 0) is 6.42 Å². The number of hydrogen-bond acceptors (Lipinski definition) is 2. The van der Waals surface area contributed by atoms with Gasteiger partial charge in [-0.3, -0.25) is 0 Å². The fraction of sp³-hybridized carbons (Fsp3) is 0.438. The van der Waals surface area contributed by atoms with Gasteiger partial charge in [0.15, 0.2) is 0 Å². The molecule has 0 aliphatic heterocycles. The maximum Gasteiger partial charge on any atom is 0.138 e. The van der Waals surface area contributed by atoms with Crippen molar-refractivity contribution in [3.8, 4) is 0 Å². The Morgan fingerprint density at radius 2 is 2.00 bits per heavy atom. The number of pyridine rings is 1. The molecule has 1 aromatic heterocycles. The van der Waals surface area contributed by atoms with Crippen molar-refractivity contribution in [2.75, 3.05) is 11.9 Å². The summed E-state index contributed by atoms with van der Waals surface area (Å²) in [4.78, 5) is 4.72. The van der Waals surface area contributed by atoms with Crippen LogP contribution < -0.4 is 5.32 Å². The molecule has 0 fully saturated rings. The highest BCUT2D eigenvalue weighted by molar-refractivity contribution is 9.10. The molecule has 0 spiro atoms. The smallest absolute Gasteiger partial charge is 0.138 e. The number of hydrogen-bond donors (Lipinski definition) is 1. The van der Waals surface area contributed by atoms with Gasteiger partial charge in [0.2, 0.25) is 0 Å². The molecular formula is C16H20BrFN2. The highest BCUT2D eigenvalue weighted by Gasteiger charge is 2.13. The third-order valence-corrected chi connectivity index (χ3v) is 4.13. The van der Waals surface area contributed by atoms with E-state index in [1.54, 1.807) is 0 Å². The minimum absolute atomic E-state index is 0.228. The lowest BCUT2D eigenvalue weighted by Gasteiger charge is -2.14. The van der Waals surface area contributed by atoms with E-state index in [1.165, 1.54) is 6.07 Å². The molecule has 108 valence electrons. The zero-order valence-electron chi connectivity index (χ0n) is 12.2. The van der Waals surface area contributed by atoms with Gasteiger partial charge >= 0.3 is 0 Å². The van der Waals surface area contributed by atoms with E-state index >= 15 is 0 Å². The van der Waals surface area contributed by atoms with Gasteiger partial charge in [0.1, 0.15) is 11.6 Å². The predicted octanol–water partition coefficient (Wildman–Crippen LogP) is 5.22. The molecule has 1 aromatic carbocycles. The van der Waals surface area contributed by atoms with Gasteiger partial charge in [-0.15, -0.1) is 0 Å². The monoisotopic (exact) mass is 338 g/mol. The van der Waals surface area contributed by atoms with Crippen molar-refractivity contribution in [1.29, 1.82) is 0 Å². The molecule has 0 unspecified atom stereocenters. The number of anilines is 1. The molecule has 2 rings (SSSR count). The number of nitrogens with one attached hydrogen (secondary N) is 1. The lowest BCUT2D eigenvalue weighted by atomic mass is 10.0. The Labute approximate surface area is 127 Å². The second-order valence-corrected chi connectivity index (χ2v) is 5.85. The normalized spacial score (nSPS) is 11.1. The Hall–Kier alpha value is -1.16. The van der Waals surface area contributed by atoms with Gasteiger partial charge in [0.05, 0.1) is 9.99 Å². The lowest BCUT2D eigenvalue weighted by molar-refractivity contribution is 0.622. The van der Waals surface area contributed by atoms with Gasteiger partial charge < -0.3 is 5.32 Å². The van der Waals surface area contributed by atoms with E-state index in [4.69, 9.17) is 4.98 Å².